The van der Waals surface area contributed by atoms with Crippen LogP contribution in [-0.4, -0.2) is 12.9 Å². The molecule has 82 valence electrons. The maximum Gasteiger partial charge on any atom is 0.206 e. The summed E-state index contributed by atoms with van der Waals surface area (Å²) in [6.07, 6.45) is 0. The molecule has 0 atom stereocenters. The Balaban J connectivity index is 2.45. The van der Waals surface area contributed by atoms with Crippen LogP contribution in [0, 0.1) is 5.82 Å². The van der Waals surface area contributed by atoms with Gasteiger partial charge in [-0.3, -0.25) is 4.79 Å². The van der Waals surface area contributed by atoms with E-state index in [1.54, 1.807) is 23.6 Å². The number of hydrogen-bond donors (Lipinski definition) is 0. The molecular formula is C12H9FO2S. The summed E-state index contributed by atoms with van der Waals surface area (Å²) < 4.78 is 18.6. The van der Waals surface area contributed by atoms with Crippen LogP contribution in [0.15, 0.2) is 35.7 Å². The standard InChI is InChI=1S/C12H9FO2S/c1-15-9-5-2-4-8(11(9)13)12(14)10-6-3-7-16-10/h2-7H,1H3. The molecule has 0 spiro atoms. The molecule has 0 bridgehead atoms. The molecule has 4 heteroatoms. The fraction of sp³-hybridized carbons (Fsp3) is 0.0833. The van der Waals surface area contributed by atoms with E-state index >= 15 is 0 Å². The van der Waals surface area contributed by atoms with Crippen LogP contribution in [0.3, 0.4) is 0 Å². The van der Waals surface area contributed by atoms with Crippen molar-refractivity contribution in [1.29, 1.82) is 0 Å². The van der Waals surface area contributed by atoms with Crippen LogP contribution < -0.4 is 4.74 Å². The molecule has 0 saturated heterocycles. The second kappa shape index (κ2) is 4.45. The van der Waals surface area contributed by atoms with Crippen LogP contribution in [0.25, 0.3) is 0 Å². The first-order chi connectivity index (χ1) is 7.74. The first-order valence-corrected chi connectivity index (χ1v) is 5.52. The van der Waals surface area contributed by atoms with E-state index in [0.29, 0.717) is 4.88 Å². The highest BCUT2D eigenvalue weighted by Crippen LogP contribution is 2.23. The molecule has 0 aliphatic heterocycles. The fourth-order valence-electron chi connectivity index (χ4n) is 1.38. The topological polar surface area (TPSA) is 26.3 Å². The Hall–Kier alpha value is -1.68. The van der Waals surface area contributed by atoms with E-state index in [1.807, 2.05) is 0 Å². The number of halogens is 1. The van der Waals surface area contributed by atoms with E-state index in [2.05, 4.69) is 0 Å². The highest BCUT2D eigenvalue weighted by Gasteiger charge is 2.17. The number of carbonyl (C=O) groups excluding carboxylic acids is 1. The summed E-state index contributed by atoms with van der Waals surface area (Å²) in [6.45, 7) is 0. The van der Waals surface area contributed by atoms with E-state index in [9.17, 15) is 9.18 Å². The maximum atomic E-state index is 13.8. The highest BCUT2D eigenvalue weighted by molar-refractivity contribution is 7.12. The zero-order valence-electron chi connectivity index (χ0n) is 8.57. The molecule has 0 saturated carbocycles. The monoisotopic (exact) mass is 236 g/mol. The van der Waals surface area contributed by atoms with Crippen molar-refractivity contribution in [2.24, 2.45) is 0 Å². The van der Waals surface area contributed by atoms with Gasteiger partial charge in [-0.15, -0.1) is 11.3 Å². The van der Waals surface area contributed by atoms with Crippen LogP contribution in [0.4, 0.5) is 4.39 Å². The molecule has 16 heavy (non-hydrogen) atoms. The van der Waals surface area contributed by atoms with Gasteiger partial charge >= 0.3 is 0 Å². The molecule has 0 radical (unpaired) electrons. The summed E-state index contributed by atoms with van der Waals surface area (Å²) >= 11 is 1.29. The van der Waals surface area contributed by atoms with Crippen LogP contribution in [0.1, 0.15) is 15.2 Å². The molecular weight excluding hydrogens is 227 g/mol. The van der Waals surface area contributed by atoms with Crippen LogP contribution in [-0.2, 0) is 0 Å². The van der Waals surface area contributed by atoms with Crippen molar-refractivity contribution < 1.29 is 13.9 Å². The number of thiophene rings is 1. The quantitative estimate of drug-likeness (QED) is 0.765. The average Bonchev–Trinajstić information content (AvgIpc) is 2.82. The molecule has 0 N–H and O–H groups in total. The number of carbonyl (C=O) groups is 1. The predicted octanol–water partition coefficient (Wildman–Crippen LogP) is 3.13. The molecule has 2 nitrogen and oxygen atoms in total. The summed E-state index contributed by atoms with van der Waals surface area (Å²) in [4.78, 5) is 12.4. The minimum Gasteiger partial charge on any atom is -0.494 e. The Kier molecular flexibility index (Phi) is 3.01. The third kappa shape index (κ3) is 1.84. The third-order valence-electron chi connectivity index (χ3n) is 2.17. The van der Waals surface area contributed by atoms with Crippen LogP contribution in [0.2, 0.25) is 0 Å². The van der Waals surface area contributed by atoms with Gasteiger partial charge < -0.3 is 4.74 Å². The van der Waals surface area contributed by atoms with Gasteiger partial charge in [0.2, 0.25) is 5.78 Å². The minimum absolute atomic E-state index is 0.0433. The Labute approximate surface area is 96.3 Å². The normalized spacial score (nSPS) is 10.1. The number of hydrogen-bond acceptors (Lipinski definition) is 3. The summed E-state index contributed by atoms with van der Waals surface area (Å²) in [5, 5.41) is 1.78. The zero-order valence-corrected chi connectivity index (χ0v) is 9.38. The van der Waals surface area contributed by atoms with Gasteiger partial charge in [-0.1, -0.05) is 12.1 Å². The summed E-state index contributed by atoms with van der Waals surface area (Å²) in [5.74, 6) is -0.836. The van der Waals surface area contributed by atoms with Gasteiger partial charge in [0.15, 0.2) is 11.6 Å². The number of benzene rings is 1. The lowest BCUT2D eigenvalue weighted by Gasteiger charge is -2.05. The average molecular weight is 236 g/mol. The largest absolute Gasteiger partial charge is 0.494 e. The van der Waals surface area contributed by atoms with Crippen molar-refractivity contribution in [2.45, 2.75) is 0 Å². The Bertz CT molecular complexity index is 506. The van der Waals surface area contributed by atoms with Crippen LogP contribution >= 0.6 is 11.3 Å². The lowest BCUT2D eigenvalue weighted by atomic mass is 10.1. The predicted molar refractivity (Wildman–Crippen MR) is 60.7 cm³/mol. The van der Waals surface area contributed by atoms with Gasteiger partial charge in [-0.05, 0) is 23.6 Å². The first-order valence-electron chi connectivity index (χ1n) is 4.64. The van der Waals surface area contributed by atoms with Gasteiger partial charge in [-0.2, -0.15) is 0 Å². The summed E-state index contributed by atoms with van der Waals surface area (Å²) in [6, 6.07) is 7.98. The molecule has 1 aromatic carbocycles. The van der Waals surface area contributed by atoms with E-state index in [0.717, 1.165) is 0 Å². The molecule has 0 amide bonds. The summed E-state index contributed by atoms with van der Waals surface area (Å²) in [5.41, 5.74) is 0.0433. The van der Waals surface area contributed by atoms with Crippen molar-refractivity contribution in [3.05, 3.63) is 52.0 Å². The lowest BCUT2D eigenvalue weighted by Crippen LogP contribution is -2.03. The van der Waals surface area contributed by atoms with E-state index in [-0.39, 0.29) is 17.1 Å². The van der Waals surface area contributed by atoms with Crippen molar-refractivity contribution in [3.8, 4) is 5.75 Å². The molecule has 0 aliphatic carbocycles. The second-order valence-electron chi connectivity index (χ2n) is 3.13. The van der Waals surface area contributed by atoms with E-state index < -0.39 is 5.82 Å². The van der Waals surface area contributed by atoms with Crippen molar-refractivity contribution in [2.75, 3.05) is 7.11 Å². The fourth-order valence-corrected chi connectivity index (χ4v) is 2.06. The number of rotatable bonds is 3. The zero-order chi connectivity index (χ0) is 11.5. The minimum atomic E-state index is -0.608. The van der Waals surface area contributed by atoms with Gasteiger partial charge in [0.1, 0.15) is 0 Å². The Morgan fingerprint density at radius 3 is 2.75 bits per heavy atom. The lowest BCUT2D eigenvalue weighted by molar-refractivity contribution is 0.103. The molecule has 1 heterocycles. The molecule has 2 rings (SSSR count). The van der Waals surface area contributed by atoms with Crippen molar-refractivity contribution in [3.63, 3.8) is 0 Å². The summed E-state index contributed by atoms with van der Waals surface area (Å²) in [7, 11) is 1.37. The van der Waals surface area contributed by atoms with Crippen molar-refractivity contribution >= 4 is 17.1 Å². The maximum absolute atomic E-state index is 13.8. The number of ketones is 1. The number of ether oxygens (including phenoxy) is 1. The number of methoxy groups -OCH3 is 1. The smallest absolute Gasteiger partial charge is 0.206 e. The van der Waals surface area contributed by atoms with Crippen molar-refractivity contribution in [1.82, 2.24) is 0 Å². The molecule has 0 fully saturated rings. The molecule has 0 aliphatic rings. The highest BCUT2D eigenvalue weighted by atomic mass is 32.1. The second-order valence-corrected chi connectivity index (χ2v) is 4.08. The SMILES string of the molecule is COc1cccc(C(=O)c2cccs2)c1F. The Morgan fingerprint density at radius 1 is 1.31 bits per heavy atom. The third-order valence-corrected chi connectivity index (χ3v) is 3.04. The molecule has 0 unspecified atom stereocenters. The molecule has 1 aromatic heterocycles. The van der Waals surface area contributed by atoms with Gasteiger partial charge in [0.05, 0.1) is 17.6 Å². The molecule has 2 aromatic rings. The Morgan fingerprint density at radius 2 is 2.12 bits per heavy atom. The van der Waals surface area contributed by atoms with Gasteiger partial charge in [-0.25, -0.2) is 4.39 Å². The van der Waals surface area contributed by atoms with E-state index in [4.69, 9.17) is 4.74 Å². The van der Waals surface area contributed by atoms with Gasteiger partial charge in [0, 0.05) is 0 Å². The first kappa shape index (κ1) is 10.8. The van der Waals surface area contributed by atoms with E-state index in [1.165, 1.54) is 30.6 Å². The van der Waals surface area contributed by atoms with Crippen LogP contribution in [0.5, 0.6) is 5.75 Å². The van der Waals surface area contributed by atoms with Gasteiger partial charge in [0.25, 0.3) is 0 Å².